The van der Waals surface area contributed by atoms with Gasteiger partial charge in [0.05, 0.1) is 0 Å². The molecule has 0 aromatic heterocycles. The molecular formula is C17H27N3. The second-order valence-corrected chi connectivity index (χ2v) is 5.69. The minimum absolute atomic E-state index is 0.579. The summed E-state index contributed by atoms with van der Waals surface area (Å²) >= 11 is 0. The summed E-state index contributed by atoms with van der Waals surface area (Å²) in [5.74, 6) is 2.39. The summed E-state index contributed by atoms with van der Waals surface area (Å²) in [5.41, 5.74) is 1.41. The van der Waals surface area contributed by atoms with Crippen LogP contribution in [0.3, 0.4) is 0 Å². The van der Waals surface area contributed by atoms with Gasteiger partial charge in [-0.2, -0.15) is 0 Å². The summed E-state index contributed by atoms with van der Waals surface area (Å²) in [6.45, 7) is 7.26. The molecule has 1 saturated carbocycles. The summed E-state index contributed by atoms with van der Waals surface area (Å²) in [5, 5.41) is 6.76. The van der Waals surface area contributed by atoms with Gasteiger partial charge in [-0.15, -0.1) is 0 Å². The van der Waals surface area contributed by atoms with Crippen molar-refractivity contribution in [2.45, 2.75) is 39.0 Å². The van der Waals surface area contributed by atoms with Crippen molar-refractivity contribution in [1.82, 2.24) is 10.6 Å². The average molecular weight is 273 g/mol. The van der Waals surface area contributed by atoms with Crippen LogP contribution >= 0.6 is 0 Å². The van der Waals surface area contributed by atoms with Crippen molar-refractivity contribution >= 4 is 5.96 Å². The lowest BCUT2D eigenvalue weighted by Gasteiger charge is -2.15. The Labute approximate surface area is 122 Å². The maximum atomic E-state index is 4.64. The van der Waals surface area contributed by atoms with E-state index in [2.05, 4.69) is 59.8 Å². The monoisotopic (exact) mass is 273 g/mol. The molecule has 3 nitrogen and oxygen atoms in total. The lowest BCUT2D eigenvalue weighted by atomic mass is 9.98. The van der Waals surface area contributed by atoms with Gasteiger partial charge in [-0.1, -0.05) is 37.3 Å². The second kappa shape index (κ2) is 7.93. The van der Waals surface area contributed by atoms with E-state index >= 15 is 0 Å². The molecule has 20 heavy (non-hydrogen) atoms. The number of benzene rings is 1. The predicted molar refractivity (Wildman–Crippen MR) is 86.2 cm³/mol. The molecule has 3 heteroatoms. The molecule has 110 valence electrons. The van der Waals surface area contributed by atoms with E-state index in [1.807, 2.05) is 0 Å². The maximum Gasteiger partial charge on any atom is 0.191 e. The largest absolute Gasteiger partial charge is 0.357 e. The van der Waals surface area contributed by atoms with E-state index < -0.39 is 0 Å². The molecule has 1 aliphatic rings. The Morgan fingerprint density at radius 3 is 2.65 bits per heavy atom. The van der Waals surface area contributed by atoms with Crippen molar-refractivity contribution in [1.29, 1.82) is 0 Å². The zero-order valence-electron chi connectivity index (χ0n) is 12.7. The molecule has 0 radical (unpaired) electrons. The van der Waals surface area contributed by atoms with Crippen LogP contribution in [0.1, 0.15) is 44.6 Å². The van der Waals surface area contributed by atoms with E-state index in [1.54, 1.807) is 0 Å². The summed E-state index contributed by atoms with van der Waals surface area (Å²) in [6, 6.07) is 10.7. The quantitative estimate of drug-likeness (QED) is 0.591. The van der Waals surface area contributed by atoms with Gasteiger partial charge < -0.3 is 10.6 Å². The van der Waals surface area contributed by atoms with Crippen molar-refractivity contribution in [2.75, 3.05) is 19.6 Å². The minimum atomic E-state index is 0.579. The maximum absolute atomic E-state index is 4.64. The zero-order chi connectivity index (χ0) is 14.2. The van der Waals surface area contributed by atoms with Crippen LogP contribution in [0.4, 0.5) is 0 Å². The van der Waals surface area contributed by atoms with Gasteiger partial charge in [-0.05, 0) is 43.6 Å². The van der Waals surface area contributed by atoms with Crippen molar-refractivity contribution in [3.8, 4) is 0 Å². The molecule has 1 unspecified atom stereocenters. The van der Waals surface area contributed by atoms with Gasteiger partial charge >= 0.3 is 0 Å². The molecule has 2 N–H and O–H groups in total. The second-order valence-electron chi connectivity index (χ2n) is 5.69. The molecule has 2 rings (SSSR count). The van der Waals surface area contributed by atoms with E-state index in [9.17, 15) is 0 Å². The van der Waals surface area contributed by atoms with Crippen LogP contribution in [-0.2, 0) is 0 Å². The highest BCUT2D eigenvalue weighted by Crippen LogP contribution is 2.28. The third-order valence-electron chi connectivity index (χ3n) is 3.79. The van der Waals surface area contributed by atoms with E-state index in [1.165, 1.54) is 18.4 Å². The fourth-order valence-corrected chi connectivity index (χ4v) is 2.22. The Kier molecular flexibility index (Phi) is 5.90. The highest BCUT2D eigenvalue weighted by atomic mass is 15.2. The van der Waals surface area contributed by atoms with Crippen LogP contribution in [0.5, 0.6) is 0 Å². The van der Waals surface area contributed by atoms with Crippen LogP contribution in [0.15, 0.2) is 35.3 Å². The highest BCUT2D eigenvalue weighted by molar-refractivity contribution is 5.79. The minimum Gasteiger partial charge on any atom is -0.357 e. The third-order valence-corrected chi connectivity index (χ3v) is 3.79. The molecule has 0 heterocycles. The van der Waals surface area contributed by atoms with Crippen LogP contribution < -0.4 is 10.6 Å². The van der Waals surface area contributed by atoms with Gasteiger partial charge in [0.25, 0.3) is 0 Å². The Hall–Kier alpha value is -1.51. The molecule has 0 spiro atoms. The van der Waals surface area contributed by atoms with E-state index in [-0.39, 0.29) is 0 Å². The molecule has 0 aliphatic heterocycles. The molecule has 0 bridgehead atoms. The standard InChI is InChI=1S/C17H27N3/c1-3-18-17(20-13-15-9-10-15)19-12-11-14(2)16-7-5-4-6-8-16/h4-8,14-15H,3,9-13H2,1-2H3,(H2,18,19,20). The van der Waals surface area contributed by atoms with Crippen molar-refractivity contribution in [3.63, 3.8) is 0 Å². The SMILES string of the molecule is CCNC(=NCC1CC1)NCCC(C)c1ccccc1. The third kappa shape index (κ3) is 5.24. The fraction of sp³-hybridized carbons (Fsp3) is 0.588. The lowest BCUT2D eigenvalue weighted by Crippen LogP contribution is -2.38. The first-order valence-corrected chi connectivity index (χ1v) is 7.86. The van der Waals surface area contributed by atoms with Gasteiger partial charge in [0.1, 0.15) is 0 Å². The van der Waals surface area contributed by atoms with Crippen molar-refractivity contribution < 1.29 is 0 Å². The number of hydrogen-bond acceptors (Lipinski definition) is 1. The van der Waals surface area contributed by atoms with Crippen molar-refractivity contribution in [3.05, 3.63) is 35.9 Å². The van der Waals surface area contributed by atoms with E-state index in [4.69, 9.17) is 0 Å². The number of guanidine groups is 1. The molecule has 1 aromatic carbocycles. The van der Waals surface area contributed by atoms with Crippen LogP contribution in [0.25, 0.3) is 0 Å². The van der Waals surface area contributed by atoms with Gasteiger partial charge in [0.15, 0.2) is 5.96 Å². The number of aliphatic imine (C=N–C) groups is 1. The normalized spacial score (nSPS) is 16.8. The summed E-state index contributed by atoms with van der Waals surface area (Å²) in [6.07, 6.45) is 3.83. The number of rotatable bonds is 7. The first-order chi connectivity index (χ1) is 9.79. The Morgan fingerprint density at radius 1 is 1.25 bits per heavy atom. The van der Waals surface area contributed by atoms with E-state index in [0.717, 1.165) is 37.9 Å². The summed E-state index contributed by atoms with van der Waals surface area (Å²) < 4.78 is 0. The first-order valence-electron chi connectivity index (χ1n) is 7.86. The lowest BCUT2D eigenvalue weighted by molar-refractivity contribution is 0.651. The predicted octanol–water partition coefficient (Wildman–Crippen LogP) is 3.15. The van der Waals surface area contributed by atoms with Crippen LogP contribution in [0, 0.1) is 5.92 Å². The zero-order valence-corrected chi connectivity index (χ0v) is 12.7. The number of nitrogens with one attached hydrogen (secondary N) is 2. The van der Waals surface area contributed by atoms with Crippen LogP contribution in [-0.4, -0.2) is 25.6 Å². The fourth-order valence-electron chi connectivity index (χ4n) is 2.22. The summed E-state index contributed by atoms with van der Waals surface area (Å²) in [7, 11) is 0. The topological polar surface area (TPSA) is 36.4 Å². The molecule has 1 aliphatic carbocycles. The van der Waals surface area contributed by atoms with Gasteiger partial charge in [0.2, 0.25) is 0 Å². The Balaban J connectivity index is 1.73. The molecule has 1 fully saturated rings. The Morgan fingerprint density at radius 2 is 2.00 bits per heavy atom. The highest BCUT2D eigenvalue weighted by Gasteiger charge is 2.20. The summed E-state index contributed by atoms with van der Waals surface area (Å²) in [4.78, 5) is 4.64. The molecule has 0 saturated heterocycles. The van der Waals surface area contributed by atoms with Crippen molar-refractivity contribution in [2.24, 2.45) is 10.9 Å². The first kappa shape index (κ1) is 14.9. The van der Waals surface area contributed by atoms with E-state index in [0.29, 0.717) is 5.92 Å². The van der Waals surface area contributed by atoms with Crippen LogP contribution in [0.2, 0.25) is 0 Å². The molecular weight excluding hydrogens is 246 g/mol. The smallest absolute Gasteiger partial charge is 0.191 e. The molecule has 1 atom stereocenters. The number of nitrogens with zero attached hydrogens (tertiary/aromatic N) is 1. The number of hydrogen-bond donors (Lipinski definition) is 2. The molecule has 0 amide bonds. The van der Waals surface area contributed by atoms with Gasteiger partial charge in [-0.3, -0.25) is 4.99 Å². The van der Waals surface area contributed by atoms with Gasteiger partial charge in [0, 0.05) is 19.6 Å². The average Bonchev–Trinajstić information content (AvgIpc) is 3.30. The van der Waals surface area contributed by atoms with Gasteiger partial charge in [-0.25, -0.2) is 0 Å². The molecule has 1 aromatic rings. The Bertz CT molecular complexity index is 410.